The number of carbonyl (C=O) groups excluding carboxylic acids is 3. The minimum Gasteiger partial charge on any atom is -0.329 e. The first-order chi connectivity index (χ1) is 9.10. The summed E-state index contributed by atoms with van der Waals surface area (Å²) >= 11 is 0. The van der Waals surface area contributed by atoms with Crippen LogP contribution in [0.3, 0.4) is 0 Å². The Labute approximate surface area is 109 Å². The molecule has 102 valence electrons. The zero-order chi connectivity index (χ0) is 13.8. The van der Waals surface area contributed by atoms with E-state index in [-0.39, 0.29) is 13.1 Å². The van der Waals surface area contributed by atoms with Crippen LogP contribution in [0.15, 0.2) is 6.07 Å². The molecule has 1 aromatic heterocycles. The number of hydrogen-bond donors (Lipinski definition) is 3. The zero-order valence-electron chi connectivity index (χ0n) is 10.5. The van der Waals surface area contributed by atoms with Crippen molar-refractivity contribution in [3.8, 4) is 0 Å². The molecule has 2 heterocycles. The van der Waals surface area contributed by atoms with Gasteiger partial charge in [-0.1, -0.05) is 13.3 Å². The Bertz CT molecular complexity index is 494. The number of imide groups is 1. The van der Waals surface area contributed by atoms with Gasteiger partial charge in [0.05, 0.1) is 6.54 Å². The van der Waals surface area contributed by atoms with Crippen molar-refractivity contribution in [2.75, 3.05) is 18.4 Å². The van der Waals surface area contributed by atoms with E-state index in [1.54, 1.807) is 6.07 Å². The number of aryl methyl sites for hydroxylation is 1. The number of rotatable bonds is 5. The zero-order valence-corrected chi connectivity index (χ0v) is 10.5. The molecule has 0 bridgehead atoms. The minimum atomic E-state index is -0.547. The van der Waals surface area contributed by atoms with Crippen molar-refractivity contribution in [1.29, 1.82) is 0 Å². The van der Waals surface area contributed by atoms with Gasteiger partial charge in [0.2, 0.25) is 5.91 Å². The highest BCUT2D eigenvalue weighted by atomic mass is 16.2. The fourth-order valence-electron chi connectivity index (χ4n) is 1.76. The van der Waals surface area contributed by atoms with Gasteiger partial charge in [-0.25, -0.2) is 4.79 Å². The van der Waals surface area contributed by atoms with Crippen LogP contribution in [0.4, 0.5) is 10.6 Å². The molecule has 0 aliphatic carbocycles. The van der Waals surface area contributed by atoms with Crippen molar-refractivity contribution in [3.63, 3.8) is 0 Å². The lowest BCUT2D eigenvalue weighted by Crippen LogP contribution is -2.38. The molecule has 0 aromatic carbocycles. The molecule has 0 spiro atoms. The highest BCUT2D eigenvalue weighted by molar-refractivity contribution is 6.06. The maximum absolute atomic E-state index is 11.7. The quantitative estimate of drug-likeness (QED) is 0.643. The molecule has 1 saturated heterocycles. The monoisotopic (exact) mass is 265 g/mol. The van der Waals surface area contributed by atoms with Crippen LogP contribution in [-0.2, 0) is 16.0 Å². The molecule has 0 radical (unpaired) electrons. The molecule has 0 saturated carbocycles. The van der Waals surface area contributed by atoms with Crippen molar-refractivity contribution in [2.45, 2.75) is 19.8 Å². The van der Waals surface area contributed by atoms with Crippen LogP contribution in [0.5, 0.6) is 0 Å². The Morgan fingerprint density at radius 2 is 2.32 bits per heavy atom. The molecule has 8 heteroatoms. The summed E-state index contributed by atoms with van der Waals surface area (Å²) in [5, 5.41) is 11.6. The molecular formula is C11H15N5O3. The van der Waals surface area contributed by atoms with Crippen LogP contribution in [0, 0.1) is 0 Å². The lowest BCUT2D eigenvalue weighted by molar-refractivity contribution is -0.128. The van der Waals surface area contributed by atoms with Crippen molar-refractivity contribution in [3.05, 3.63) is 11.8 Å². The van der Waals surface area contributed by atoms with Gasteiger partial charge in [0, 0.05) is 11.8 Å². The number of anilines is 1. The van der Waals surface area contributed by atoms with Gasteiger partial charge in [0.15, 0.2) is 5.82 Å². The van der Waals surface area contributed by atoms with E-state index in [2.05, 4.69) is 20.8 Å². The van der Waals surface area contributed by atoms with E-state index in [1.807, 2.05) is 6.92 Å². The first-order valence-electron chi connectivity index (χ1n) is 6.02. The second-order valence-corrected chi connectivity index (χ2v) is 4.22. The van der Waals surface area contributed by atoms with E-state index in [4.69, 9.17) is 0 Å². The third-order valence-corrected chi connectivity index (χ3v) is 2.66. The molecule has 1 aliphatic rings. The largest absolute Gasteiger partial charge is 0.329 e. The first kappa shape index (κ1) is 13.1. The van der Waals surface area contributed by atoms with Crippen molar-refractivity contribution < 1.29 is 14.4 Å². The van der Waals surface area contributed by atoms with Crippen LogP contribution in [0.2, 0.25) is 0 Å². The SMILES string of the molecule is CCCc1cc(NC(=O)CN2C(=O)CNC2=O)n[nH]1. The maximum Gasteiger partial charge on any atom is 0.325 e. The number of aromatic nitrogens is 2. The molecule has 1 fully saturated rings. The summed E-state index contributed by atoms with van der Waals surface area (Å²) in [5.41, 5.74) is 0.924. The maximum atomic E-state index is 11.7. The third-order valence-electron chi connectivity index (χ3n) is 2.66. The minimum absolute atomic E-state index is 0.0604. The lowest BCUT2D eigenvalue weighted by Gasteiger charge is -2.10. The number of hydrogen-bond acceptors (Lipinski definition) is 4. The highest BCUT2D eigenvalue weighted by Gasteiger charge is 2.30. The Hall–Kier alpha value is -2.38. The number of nitrogens with one attached hydrogen (secondary N) is 3. The smallest absolute Gasteiger partial charge is 0.325 e. The summed E-state index contributed by atoms with van der Waals surface area (Å²) in [6, 6.07) is 1.18. The van der Waals surface area contributed by atoms with Crippen LogP contribution in [-0.4, -0.2) is 46.0 Å². The second kappa shape index (κ2) is 5.51. The van der Waals surface area contributed by atoms with Gasteiger partial charge in [-0.05, 0) is 6.42 Å². The molecule has 0 unspecified atom stereocenters. The van der Waals surface area contributed by atoms with Crippen molar-refractivity contribution in [2.24, 2.45) is 0 Å². The van der Waals surface area contributed by atoms with Crippen molar-refractivity contribution >= 4 is 23.7 Å². The summed E-state index contributed by atoms with van der Waals surface area (Å²) in [7, 11) is 0. The molecule has 2 rings (SSSR count). The summed E-state index contributed by atoms with van der Waals surface area (Å²) < 4.78 is 0. The Kier molecular flexibility index (Phi) is 3.79. The molecule has 8 nitrogen and oxygen atoms in total. The number of carbonyl (C=O) groups is 3. The van der Waals surface area contributed by atoms with Crippen LogP contribution >= 0.6 is 0 Å². The molecular weight excluding hydrogens is 250 g/mol. The number of nitrogens with zero attached hydrogens (tertiary/aromatic N) is 2. The second-order valence-electron chi connectivity index (χ2n) is 4.22. The predicted octanol–water partition coefficient (Wildman–Crippen LogP) is -0.147. The fourth-order valence-corrected chi connectivity index (χ4v) is 1.76. The predicted molar refractivity (Wildman–Crippen MR) is 66.3 cm³/mol. The third kappa shape index (κ3) is 3.09. The van der Waals surface area contributed by atoms with E-state index in [1.165, 1.54) is 0 Å². The van der Waals surface area contributed by atoms with E-state index in [0.717, 1.165) is 23.4 Å². The molecule has 1 aromatic rings. The molecule has 1 aliphatic heterocycles. The first-order valence-corrected chi connectivity index (χ1v) is 6.02. The number of H-pyrrole nitrogens is 1. The number of urea groups is 1. The van der Waals surface area contributed by atoms with E-state index < -0.39 is 17.8 Å². The summed E-state index contributed by atoms with van der Waals surface area (Å²) in [6.07, 6.45) is 1.81. The topological polar surface area (TPSA) is 107 Å². The van der Waals surface area contributed by atoms with Gasteiger partial charge in [-0.15, -0.1) is 0 Å². The molecule has 0 atom stereocenters. The number of amides is 4. The molecule has 19 heavy (non-hydrogen) atoms. The highest BCUT2D eigenvalue weighted by Crippen LogP contribution is 2.07. The van der Waals surface area contributed by atoms with Gasteiger partial charge >= 0.3 is 6.03 Å². The van der Waals surface area contributed by atoms with E-state index >= 15 is 0 Å². The van der Waals surface area contributed by atoms with Crippen LogP contribution in [0.1, 0.15) is 19.0 Å². The van der Waals surface area contributed by atoms with Gasteiger partial charge in [-0.3, -0.25) is 19.6 Å². The lowest BCUT2D eigenvalue weighted by atomic mass is 10.2. The summed E-state index contributed by atoms with van der Waals surface area (Å²) in [6.45, 7) is 1.67. The van der Waals surface area contributed by atoms with Gasteiger partial charge in [0.25, 0.3) is 5.91 Å². The Balaban J connectivity index is 1.90. The van der Waals surface area contributed by atoms with Crippen LogP contribution in [0.25, 0.3) is 0 Å². The Morgan fingerprint density at radius 1 is 1.53 bits per heavy atom. The van der Waals surface area contributed by atoms with E-state index in [9.17, 15) is 14.4 Å². The van der Waals surface area contributed by atoms with Gasteiger partial charge in [-0.2, -0.15) is 5.10 Å². The van der Waals surface area contributed by atoms with Gasteiger partial charge in [0.1, 0.15) is 6.54 Å². The number of aromatic amines is 1. The summed E-state index contributed by atoms with van der Waals surface area (Å²) in [5.74, 6) is -0.477. The molecule has 4 amide bonds. The van der Waals surface area contributed by atoms with Crippen LogP contribution < -0.4 is 10.6 Å². The Morgan fingerprint density at radius 3 is 2.95 bits per heavy atom. The van der Waals surface area contributed by atoms with Crippen molar-refractivity contribution in [1.82, 2.24) is 20.4 Å². The average molecular weight is 265 g/mol. The summed E-state index contributed by atoms with van der Waals surface area (Å²) in [4.78, 5) is 35.1. The average Bonchev–Trinajstić information content (AvgIpc) is 2.91. The molecule has 3 N–H and O–H groups in total. The standard InChI is InChI=1S/C11H15N5O3/c1-2-3-7-4-8(15-14-7)13-9(17)6-16-10(18)5-12-11(16)19/h4H,2-3,5-6H2,1H3,(H,12,19)(H2,13,14,15,17). The van der Waals surface area contributed by atoms with Gasteiger partial charge < -0.3 is 10.6 Å². The normalized spacial score (nSPS) is 14.7. The fraction of sp³-hybridized carbons (Fsp3) is 0.455. The van der Waals surface area contributed by atoms with E-state index in [0.29, 0.717) is 5.82 Å².